The monoisotopic (exact) mass is 456 g/mol. The highest BCUT2D eigenvalue weighted by Gasteiger charge is 2.16. The maximum absolute atomic E-state index is 11.2. The fourth-order valence-corrected chi connectivity index (χ4v) is 3.16. The average Bonchev–Trinajstić information content (AvgIpc) is 2.80. The van der Waals surface area contributed by atoms with E-state index in [1.165, 1.54) is 0 Å². The van der Waals surface area contributed by atoms with Crippen molar-refractivity contribution in [3.8, 4) is 11.4 Å². The smallest absolute Gasteiger partial charge is 0.323 e. The summed E-state index contributed by atoms with van der Waals surface area (Å²) in [6.45, 7) is -0.117. The average molecular weight is 457 g/mol. The highest BCUT2D eigenvalue weighted by Crippen LogP contribution is 2.31. The maximum atomic E-state index is 11.2. The number of carboxylic acid groups (broad SMARTS) is 1. The first-order valence-electron chi connectivity index (χ1n) is 6.19. The Bertz CT molecular complexity index is 845. The Hall–Kier alpha value is -1.41. The molecule has 0 bridgehead atoms. The predicted octanol–water partition coefficient (Wildman–Crippen LogP) is 4.16. The molecular weight excluding hydrogens is 447 g/mol. The van der Waals surface area contributed by atoms with E-state index >= 15 is 0 Å². The van der Waals surface area contributed by atoms with E-state index in [9.17, 15) is 9.90 Å². The zero-order valence-electron chi connectivity index (χ0n) is 10.8. The maximum Gasteiger partial charge on any atom is 0.323 e. The van der Waals surface area contributed by atoms with Gasteiger partial charge in [-0.05, 0) is 52.9 Å². The van der Waals surface area contributed by atoms with Crippen molar-refractivity contribution >= 4 is 55.5 Å². The summed E-state index contributed by atoms with van der Waals surface area (Å²) in [5.41, 5.74) is 2.50. The number of para-hydroxylation sites is 2. The molecule has 1 heterocycles. The van der Waals surface area contributed by atoms with Crippen LogP contribution >= 0.6 is 38.5 Å². The number of aliphatic carboxylic acids is 1. The molecule has 0 aliphatic heterocycles. The summed E-state index contributed by atoms with van der Waals surface area (Å²) < 4.78 is 3.69. The molecule has 0 radical (unpaired) electrons. The minimum absolute atomic E-state index is 0.117. The lowest BCUT2D eigenvalue weighted by Gasteiger charge is -2.08. The lowest BCUT2D eigenvalue weighted by Crippen LogP contribution is -2.10. The lowest BCUT2D eigenvalue weighted by molar-refractivity contribution is -0.137. The molecule has 0 aliphatic carbocycles. The van der Waals surface area contributed by atoms with Crippen LogP contribution < -0.4 is 0 Å². The normalized spacial score (nSPS) is 11.0. The molecule has 0 unspecified atom stereocenters. The minimum atomic E-state index is -0.888. The van der Waals surface area contributed by atoms with Gasteiger partial charge >= 0.3 is 5.97 Å². The van der Waals surface area contributed by atoms with Crippen LogP contribution in [0.4, 0.5) is 0 Å². The van der Waals surface area contributed by atoms with Gasteiger partial charge in [0.05, 0.1) is 11.0 Å². The number of carbonyl (C=O) groups is 1. The van der Waals surface area contributed by atoms with Gasteiger partial charge < -0.3 is 9.67 Å². The highest BCUT2D eigenvalue weighted by molar-refractivity contribution is 14.1. The van der Waals surface area contributed by atoms with Crippen LogP contribution in [0.2, 0.25) is 0 Å². The van der Waals surface area contributed by atoms with Gasteiger partial charge in [0.1, 0.15) is 12.4 Å². The van der Waals surface area contributed by atoms with Crippen LogP contribution in [0.5, 0.6) is 0 Å². The van der Waals surface area contributed by atoms with Crippen molar-refractivity contribution in [3.63, 3.8) is 0 Å². The van der Waals surface area contributed by atoms with Crippen LogP contribution in [-0.2, 0) is 11.3 Å². The largest absolute Gasteiger partial charge is 0.480 e. The van der Waals surface area contributed by atoms with Gasteiger partial charge in [0, 0.05) is 13.6 Å². The van der Waals surface area contributed by atoms with Crippen molar-refractivity contribution < 1.29 is 9.90 Å². The SMILES string of the molecule is O=C(O)Cn1c(-c2cc(I)ccc2Br)nc2ccccc21. The summed E-state index contributed by atoms with van der Waals surface area (Å²) in [7, 11) is 0. The molecule has 0 atom stereocenters. The first kappa shape index (κ1) is 14.5. The topological polar surface area (TPSA) is 55.1 Å². The van der Waals surface area contributed by atoms with E-state index in [0.717, 1.165) is 24.6 Å². The van der Waals surface area contributed by atoms with E-state index in [-0.39, 0.29) is 6.54 Å². The molecule has 0 amide bonds. The molecule has 4 nitrogen and oxygen atoms in total. The van der Waals surface area contributed by atoms with Gasteiger partial charge in [0.2, 0.25) is 0 Å². The van der Waals surface area contributed by atoms with E-state index in [2.05, 4.69) is 43.5 Å². The molecule has 0 spiro atoms. The zero-order valence-corrected chi connectivity index (χ0v) is 14.5. The second-order valence-electron chi connectivity index (χ2n) is 4.53. The number of hydrogen-bond acceptors (Lipinski definition) is 2. The number of fused-ring (bicyclic) bond motifs is 1. The molecule has 0 aliphatic rings. The molecule has 2 aromatic carbocycles. The predicted molar refractivity (Wildman–Crippen MR) is 93.2 cm³/mol. The number of imidazole rings is 1. The van der Waals surface area contributed by atoms with E-state index in [4.69, 9.17) is 0 Å². The number of aromatic nitrogens is 2. The third-order valence-electron chi connectivity index (χ3n) is 3.12. The van der Waals surface area contributed by atoms with Crippen LogP contribution in [-0.4, -0.2) is 20.6 Å². The van der Waals surface area contributed by atoms with Gasteiger partial charge in [0.15, 0.2) is 0 Å². The Balaban J connectivity index is 2.30. The van der Waals surface area contributed by atoms with Crippen molar-refractivity contribution in [2.24, 2.45) is 0 Å². The van der Waals surface area contributed by atoms with E-state index in [1.807, 2.05) is 42.5 Å². The van der Waals surface area contributed by atoms with Crippen molar-refractivity contribution in [3.05, 3.63) is 50.5 Å². The van der Waals surface area contributed by atoms with Crippen LogP contribution in [0.1, 0.15) is 0 Å². The molecular formula is C15H10BrIN2O2. The minimum Gasteiger partial charge on any atom is -0.480 e. The molecule has 3 aromatic rings. The highest BCUT2D eigenvalue weighted by atomic mass is 127. The molecule has 3 rings (SSSR count). The number of carboxylic acids is 1. The summed E-state index contributed by atoms with van der Waals surface area (Å²) >= 11 is 5.75. The Kier molecular flexibility index (Phi) is 3.99. The fourth-order valence-electron chi connectivity index (χ4n) is 2.25. The quantitative estimate of drug-likeness (QED) is 0.602. The summed E-state index contributed by atoms with van der Waals surface area (Å²) in [6, 6.07) is 13.5. The van der Waals surface area contributed by atoms with Gasteiger partial charge in [-0.3, -0.25) is 4.79 Å². The molecule has 6 heteroatoms. The Morgan fingerprint density at radius 1 is 1.29 bits per heavy atom. The van der Waals surface area contributed by atoms with E-state index < -0.39 is 5.97 Å². The number of benzene rings is 2. The number of rotatable bonds is 3. The van der Waals surface area contributed by atoms with Crippen molar-refractivity contribution in [2.75, 3.05) is 0 Å². The van der Waals surface area contributed by atoms with Gasteiger partial charge in [-0.1, -0.05) is 28.1 Å². The summed E-state index contributed by atoms with van der Waals surface area (Å²) in [6.07, 6.45) is 0. The summed E-state index contributed by atoms with van der Waals surface area (Å²) in [5.74, 6) is -0.231. The molecule has 106 valence electrons. The van der Waals surface area contributed by atoms with Gasteiger partial charge in [-0.2, -0.15) is 0 Å². The number of nitrogens with zero attached hydrogens (tertiary/aromatic N) is 2. The van der Waals surface area contributed by atoms with Crippen LogP contribution in [0.15, 0.2) is 46.9 Å². The second-order valence-corrected chi connectivity index (χ2v) is 6.63. The van der Waals surface area contributed by atoms with Crippen molar-refractivity contribution in [1.29, 1.82) is 0 Å². The standard InChI is InChI=1S/C15H10BrIN2O2/c16-11-6-5-9(17)7-10(11)15-18-12-3-1-2-4-13(12)19(15)8-14(20)21/h1-7H,8H2,(H,20,21). The molecule has 1 N–H and O–H groups in total. The van der Waals surface area contributed by atoms with Gasteiger partial charge in [0.25, 0.3) is 0 Å². The van der Waals surface area contributed by atoms with Crippen molar-refractivity contribution in [1.82, 2.24) is 9.55 Å². The summed E-state index contributed by atoms with van der Waals surface area (Å²) in [5, 5.41) is 9.18. The van der Waals surface area contributed by atoms with Gasteiger partial charge in [-0.15, -0.1) is 0 Å². The molecule has 0 saturated heterocycles. The Labute approximate surface area is 143 Å². The second kappa shape index (κ2) is 5.76. The third-order valence-corrected chi connectivity index (χ3v) is 4.48. The molecule has 0 saturated carbocycles. The first-order chi connectivity index (χ1) is 10.1. The van der Waals surface area contributed by atoms with Crippen LogP contribution in [0.25, 0.3) is 22.4 Å². The number of hydrogen-bond donors (Lipinski definition) is 1. The molecule has 21 heavy (non-hydrogen) atoms. The lowest BCUT2D eigenvalue weighted by atomic mass is 10.2. The van der Waals surface area contributed by atoms with Crippen molar-refractivity contribution in [2.45, 2.75) is 6.54 Å². The third kappa shape index (κ3) is 2.82. The van der Waals surface area contributed by atoms with E-state index in [1.54, 1.807) is 4.57 Å². The zero-order chi connectivity index (χ0) is 15.0. The summed E-state index contributed by atoms with van der Waals surface area (Å²) in [4.78, 5) is 15.8. The number of halogens is 2. The Morgan fingerprint density at radius 3 is 2.81 bits per heavy atom. The fraction of sp³-hybridized carbons (Fsp3) is 0.0667. The molecule has 1 aromatic heterocycles. The Morgan fingerprint density at radius 2 is 2.05 bits per heavy atom. The van der Waals surface area contributed by atoms with Crippen LogP contribution in [0, 0.1) is 3.57 Å². The van der Waals surface area contributed by atoms with E-state index in [0.29, 0.717) is 5.82 Å². The van der Waals surface area contributed by atoms with Crippen LogP contribution in [0.3, 0.4) is 0 Å². The van der Waals surface area contributed by atoms with Gasteiger partial charge in [-0.25, -0.2) is 4.98 Å². The molecule has 0 fully saturated rings. The first-order valence-corrected chi connectivity index (χ1v) is 8.06.